The summed E-state index contributed by atoms with van der Waals surface area (Å²) in [5.74, 6) is -0.120. The van der Waals surface area contributed by atoms with Crippen LogP contribution in [0.4, 0.5) is 0 Å². The van der Waals surface area contributed by atoms with Gasteiger partial charge in [0.1, 0.15) is 11.5 Å². The summed E-state index contributed by atoms with van der Waals surface area (Å²) in [6, 6.07) is 21.5. The lowest BCUT2D eigenvalue weighted by Crippen LogP contribution is -2.10. The molecule has 1 heterocycles. The Hall–Kier alpha value is -3.71. The number of halogens is 1. The predicted molar refractivity (Wildman–Crippen MR) is 119 cm³/mol. The van der Waals surface area contributed by atoms with Crippen LogP contribution in [0.3, 0.4) is 0 Å². The van der Waals surface area contributed by atoms with Crippen LogP contribution in [-0.4, -0.2) is 22.9 Å². The second-order valence-corrected chi connectivity index (χ2v) is 7.52. The van der Waals surface area contributed by atoms with Crippen LogP contribution in [0, 0.1) is 0 Å². The van der Waals surface area contributed by atoms with E-state index < -0.39 is 11.9 Å². The molecule has 0 atom stereocenters. The van der Waals surface area contributed by atoms with Crippen LogP contribution in [0.2, 0.25) is 0 Å². The number of benzene rings is 3. The molecule has 0 saturated heterocycles. The fraction of sp³-hybridized carbons (Fsp3) is 0.0417. The van der Waals surface area contributed by atoms with Gasteiger partial charge in [0.05, 0.1) is 10.9 Å². The first kappa shape index (κ1) is 20.6. The van der Waals surface area contributed by atoms with Crippen molar-refractivity contribution in [1.82, 2.24) is 0 Å². The minimum atomic E-state index is -0.974. The number of hydrogen-bond acceptors (Lipinski definition) is 5. The summed E-state index contributed by atoms with van der Waals surface area (Å²) in [5.41, 5.74) is 1.89. The molecule has 1 aliphatic heterocycles. The number of para-hydroxylation sites is 1. The van der Waals surface area contributed by atoms with Crippen molar-refractivity contribution in [2.24, 2.45) is 4.99 Å². The van der Waals surface area contributed by atoms with Gasteiger partial charge in [0.25, 0.3) is 0 Å². The molecule has 1 N–H and O–H groups in total. The summed E-state index contributed by atoms with van der Waals surface area (Å²) in [7, 11) is 0. The Kier molecular flexibility index (Phi) is 5.95. The summed E-state index contributed by atoms with van der Waals surface area (Å²) >= 11 is 3.44. The van der Waals surface area contributed by atoms with Gasteiger partial charge in [0.2, 0.25) is 5.90 Å². The first-order chi connectivity index (χ1) is 15.0. The minimum absolute atomic E-state index is 0.0991. The van der Waals surface area contributed by atoms with E-state index in [2.05, 4.69) is 20.9 Å². The van der Waals surface area contributed by atoms with Crippen molar-refractivity contribution < 1.29 is 24.2 Å². The largest absolute Gasteiger partial charge is 0.481 e. The minimum Gasteiger partial charge on any atom is -0.481 e. The monoisotopic (exact) mass is 477 g/mol. The van der Waals surface area contributed by atoms with Crippen molar-refractivity contribution >= 4 is 39.8 Å². The SMILES string of the molecule is O=C(O)Cc1ccccc1C1=NC(=Cc2ccc(Oc3ccccc3Br)cc2)C(=O)O1. The molecular formula is C24H16BrNO5. The van der Waals surface area contributed by atoms with Gasteiger partial charge in [0.15, 0.2) is 5.70 Å². The molecule has 0 aliphatic carbocycles. The van der Waals surface area contributed by atoms with Crippen molar-refractivity contribution in [2.75, 3.05) is 0 Å². The summed E-state index contributed by atoms with van der Waals surface area (Å²) in [4.78, 5) is 27.7. The molecule has 0 spiro atoms. The molecule has 0 saturated carbocycles. The normalized spacial score (nSPS) is 14.3. The third-order valence-electron chi connectivity index (χ3n) is 4.46. The molecule has 0 unspecified atom stereocenters. The van der Waals surface area contributed by atoms with Crippen molar-refractivity contribution in [3.8, 4) is 11.5 Å². The van der Waals surface area contributed by atoms with E-state index in [4.69, 9.17) is 14.6 Å². The summed E-state index contributed by atoms with van der Waals surface area (Å²) in [6.45, 7) is 0. The number of hydrogen-bond donors (Lipinski definition) is 1. The number of carbonyl (C=O) groups is 2. The zero-order valence-corrected chi connectivity index (χ0v) is 17.7. The van der Waals surface area contributed by atoms with Crippen LogP contribution < -0.4 is 4.74 Å². The molecule has 0 amide bonds. The third-order valence-corrected chi connectivity index (χ3v) is 5.11. The van der Waals surface area contributed by atoms with Crippen molar-refractivity contribution in [1.29, 1.82) is 0 Å². The topological polar surface area (TPSA) is 85.2 Å². The number of esters is 1. The van der Waals surface area contributed by atoms with E-state index in [1.165, 1.54) is 0 Å². The van der Waals surface area contributed by atoms with Crippen LogP contribution in [-0.2, 0) is 20.7 Å². The van der Waals surface area contributed by atoms with Gasteiger partial charge in [-0.1, -0.05) is 42.5 Å². The highest BCUT2D eigenvalue weighted by atomic mass is 79.9. The Morgan fingerprint density at radius 3 is 2.48 bits per heavy atom. The maximum absolute atomic E-state index is 12.3. The Labute approximate surface area is 186 Å². The number of aliphatic carboxylic acids is 1. The highest BCUT2D eigenvalue weighted by Crippen LogP contribution is 2.29. The smallest absolute Gasteiger partial charge is 0.363 e. The number of nitrogens with zero attached hydrogens (tertiary/aromatic N) is 1. The van der Waals surface area contributed by atoms with Gasteiger partial charge in [-0.3, -0.25) is 4.79 Å². The maximum atomic E-state index is 12.3. The molecule has 7 heteroatoms. The van der Waals surface area contributed by atoms with Crippen LogP contribution in [0.1, 0.15) is 16.7 Å². The fourth-order valence-electron chi connectivity index (χ4n) is 3.01. The Morgan fingerprint density at radius 1 is 1.03 bits per heavy atom. The zero-order chi connectivity index (χ0) is 21.8. The molecule has 0 aromatic heterocycles. The standard InChI is InChI=1S/C24H16BrNO5/c25-19-7-3-4-8-21(19)30-17-11-9-15(10-12-17)13-20-24(29)31-23(26-20)18-6-2-1-5-16(18)14-22(27)28/h1-13H,14H2,(H,27,28). The second-order valence-electron chi connectivity index (χ2n) is 6.67. The highest BCUT2D eigenvalue weighted by molar-refractivity contribution is 9.10. The quantitative estimate of drug-likeness (QED) is 0.388. The van der Waals surface area contributed by atoms with E-state index in [-0.39, 0.29) is 18.0 Å². The Morgan fingerprint density at radius 2 is 1.74 bits per heavy atom. The van der Waals surface area contributed by atoms with E-state index in [0.717, 1.165) is 10.0 Å². The van der Waals surface area contributed by atoms with Crippen LogP contribution in [0.25, 0.3) is 6.08 Å². The van der Waals surface area contributed by atoms with Gasteiger partial charge < -0.3 is 14.6 Å². The van der Waals surface area contributed by atoms with E-state index >= 15 is 0 Å². The van der Waals surface area contributed by atoms with E-state index in [9.17, 15) is 9.59 Å². The molecule has 154 valence electrons. The lowest BCUT2D eigenvalue weighted by molar-refractivity contribution is -0.136. The molecule has 31 heavy (non-hydrogen) atoms. The molecule has 3 aromatic rings. The van der Waals surface area contributed by atoms with Gasteiger partial charge in [0, 0.05) is 5.56 Å². The predicted octanol–water partition coefficient (Wildman–Crippen LogP) is 5.21. The number of carbonyl (C=O) groups excluding carboxylic acids is 1. The van der Waals surface area contributed by atoms with Crippen LogP contribution in [0.15, 0.2) is 88.0 Å². The van der Waals surface area contributed by atoms with Crippen LogP contribution in [0.5, 0.6) is 11.5 Å². The summed E-state index contributed by atoms with van der Waals surface area (Å²) in [5, 5.41) is 9.09. The third kappa shape index (κ3) is 4.90. The van der Waals surface area contributed by atoms with Crippen molar-refractivity contribution in [2.45, 2.75) is 6.42 Å². The van der Waals surface area contributed by atoms with Crippen LogP contribution >= 0.6 is 15.9 Å². The zero-order valence-electron chi connectivity index (χ0n) is 16.1. The van der Waals surface area contributed by atoms with Gasteiger partial charge in [-0.15, -0.1) is 0 Å². The highest BCUT2D eigenvalue weighted by Gasteiger charge is 2.26. The van der Waals surface area contributed by atoms with Gasteiger partial charge in [-0.05, 0) is 63.5 Å². The van der Waals surface area contributed by atoms with Crippen molar-refractivity contribution in [3.05, 3.63) is 99.7 Å². The average Bonchev–Trinajstić information content (AvgIpc) is 3.11. The second kappa shape index (κ2) is 8.97. The number of aliphatic imine (C=N–C) groups is 1. The van der Waals surface area contributed by atoms with E-state index in [0.29, 0.717) is 22.6 Å². The van der Waals surface area contributed by atoms with Gasteiger partial charge in [-0.25, -0.2) is 9.79 Å². The Bertz CT molecular complexity index is 1210. The average molecular weight is 478 g/mol. The number of carboxylic acid groups (broad SMARTS) is 1. The lowest BCUT2D eigenvalue weighted by Gasteiger charge is -2.07. The first-order valence-corrected chi connectivity index (χ1v) is 10.1. The maximum Gasteiger partial charge on any atom is 0.363 e. The number of rotatable bonds is 6. The van der Waals surface area contributed by atoms with Gasteiger partial charge >= 0.3 is 11.9 Å². The number of ether oxygens (including phenoxy) is 2. The molecule has 0 bridgehead atoms. The summed E-state index contributed by atoms with van der Waals surface area (Å²) in [6.07, 6.45) is 1.42. The van der Waals surface area contributed by atoms with E-state index in [1.807, 2.05) is 24.3 Å². The van der Waals surface area contributed by atoms with E-state index in [1.54, 1.807) is 54.6 Å². The molecule has 1 aliphatic rings. The number of cyclic esters (lactones) is 1. The Balaban J connectivity index is 1.55. The molecule has 3 aromatic carbocycles. The summed E-state index contributed by atoms with van der Waals surface area (Å²) < 4.78 is 12.0. The molecule has 0 radical (unpaired) electrons. The lowest BCUT2D eigenvalue weighted by atomic mass is 10.0. The number of carboxylic acids is 1. The van der Waals surface area contributed by atoms with Crippen molar-refractivity contribution in [3.63, 3.8) is 0 Å². The molecule has 4 rings (SSSR count). The van der Waals surface area contributed by atoms with Gasteiger partial charge in [-0.2, -0.15) is 0 Å². The first-order valence-electron chi connectivity index (χ1n) is 9.35. The molecule has 6 nitrogen and oxygen atoms in total. The molecular weight excluding hydrogens is 462 g/mol. The molecule has 0 fully saturated rings. The fourth-order valence-corrected chi connectivity index (χ4v) is 3.38.